The fourth-order valence-electron chi connectivity index (χ4n) is 1.44. The summed E-state index contributed by atoms with van der Waals surface area (Å²) in [5, 5.41) is 8.85. The molecule has 0 amide bonds. The molecule has 1 rings (SSSR count). The number of methoxy groups -OCH3 is 1. The fourth-order valence-corrected chi connectivity index (χ4v) is 1.84. The highest BCUT2D eigenvalue weighted by atomic mass is 32.2. The number of hydrogen-bond donors (Lipinski definition) is 1. The van der Waals surface area contributed by atoms with Crippen LogP contribution in [0.4, 0.5) is 0 Å². The third kappa shape index (κ3) is 2.89. The van der Waals surface area contributed by atoms with Crippen LogP contribution in [0.2, 0.25) is 0 Å². The highest BCUT2D eigenvalue weighted by molar-refractivity contribution is 7.77. The van der Waals surface area contributed by atoms with E-state index < -0.39 is 17.3 Å². The van der Waals surface area contributed by atoms with Gasteiger partial charge in [-0.3, -0.25) is 4.21 Å². The lowest BCUT2D eigenvalue weighted by atomic mass is 9.95. The molecule has 0 aromatic heterocycles. The molecule has 2 atom stereocenters. The van der Waals surface area contributed by atoms with Gasteiger partial charge in [0.05, 0.1) is 13.2 Å². The number of nitrogens with one attached hydrogen (secondary N) is 1. The van der Waals surface area contributed by atoms with Crippen molar-refractivity contribution < 1.29 is 13.5 Å². The molecule has 0 heterocycles. The lowest BCUT2D eigenvalue weighted by Crippen LogP contribution is -2.31. The summed E-state index contributed by atoms with van der Waals surface area (Å²) < 4.78 is 28.3. The average molecular weight is 227 g/mol. The third-order valence-corrected chi connectivity index (χ3v) is 2.70. The Balaban J connectivity index is 2.91. The molecule has 6 heteroatoms. The second kappa shape index (κ2) is 5.07. The van der Waals surface area contributed by atoms with E-state index in [0.29, 0.717) is 17.8 Å². The Hall–Kier alpha value is -1.16. The molecule has 0 bridgehead atoms. The second-order valence-corrected chi connectivity index (χ2v) is 3.82. The van der Waals surface area contributed by atoms with Crippen molar-refractivity contribution in [2.75, 3.05) is 7.11 Å². The van der Waals surface area contributed by atoms with Gasteiger partial charge in [0.15, 0.2) is 0 Å². The lowest BCUT2D eigenvalue weighted by Gasteiger charge is -2.23. The summed E-state index contributed by atoms with van der Waals surface area (Å²) in [6.07, 6.45) is 2.02. The SMILES string of the molecule is COC1=CC(NS(=O)[O-])CC(C#N)=C1C. The topological polar surface area (TPSA) is 85.2 Å². The number of ether oxygens (including phenoxy) is 1. The minimum absolute atomic E-state index is 0.364. The molecule has 0 spiro atoms. The van der Waals surface area contributed by atoms with Gasteiger partial charge in [-0.2, -0.15) is 5.26 Å². The van der Waals surface area contributed by atoms with Crippen LogP contribution in [-0.2, 0) is 16.0 Å². The molecule has 1 aliphatic carbocycles. The number of nitriles is 1. The van der Waals surface area contributed by atoms with Crippen LogP contribution in [0.25, 0.3) is 0 Å². The monoisotopic (exact) mass is 227 g/mol. The van der Waals surface area contributed by atoms with Gasteiger partial charge in [-0.1, -0.05) is 0 Å². The summed E-state index contributed by atoms with van der Waals surface area (Å²) in [7, 11) is 1.49. The molecule has 0 aromatic rings. The number of rotatable bonds is 3. The number of nitrogens with zero attached hydrogens (tertiary/aromatic N) is 1. The van der Waals surface area contributed by atoms with Crippen LogP contribution in [-0.4, -0.2) is 21.9 Å². The van der Waals surface area contributed by atoms with Gasteiger partial charge in [0, 0.05) is 34.9 Å². The van der Waals surface area contributed by atoms with E-state index >= 15 is 0 Å². The summed E-state index contributed by atoms with van der Waals surface area (Å²) >= 11 is -2.34. The molecule has 1 aliphatic rings. The van der Waals surface area contributed by atoms with Crippen molar-refractivity contribution in [1.82, 2.24) is 4.72 Å². The van der Waals surface area contributed by atoms with Crippen LogP contribution in [0.15, 0.2) is 23.0 Å². The summed E-state index contributed by atoms with van der Waals surface area (Å²) in [6, 6.07) is 1.63. The molecule has 0 saturated heterocycles. The van der Waals surface area contributed by atoms with E-state index in [1.54, 1.807) is 13.0 Å². The molecular formula is C9H11N2O3S-. The predicted molar refractivity (Wildman–Crippen MR) is 53.9 cm³/mol. The van der Waals surface area contributed by atoms with Gasteiger partial charge in [-0.25, -0.2) is 4.72 Å². The van der Waals surface area contributed by atoms with Crippen LogP contribution in [0.5, 0.6) is 0 Å². The van der Waals surface area contributed by atoms with E-state index in [-0.39, 0.29) is 0 Å². The van der Waals surface area contributed by atoms with Crippen LogP contribution < -0.4 is 4.72 Å². The zero-order chi connectivity index (χ0) is 11.4. The van der Waals surface area contributed by atoms with Gasteiger partial charge < -0.3 is 9.29 Å². The smallest absolute Gasteiger partial charge is 0.120 e. The van der Waals surface area contributed by atoms with Crippen molar-refractivity contribution >= 4 is 11.3 Å². The van der Waals surface area contributed by atoms with Crippen molar-refractivity contribution in [3.8, 4) is 6.07 Å². The maximum Gasteiger partial charge on any atom is 0.120 e. The minimum atomic E-state index is -2.34. The molecule has 0 radical (unpaired) electrons. The van der Waals surface area contributed by atoms with Crippen molar-refractivity contribution in [2.45, 2.75) is 19.4 Å². The summed E-state index contributed by atoms with van der Waals surface area (Å²) in [5.41, 5.74) is 1.30. The van der Waals surface area contributed by atoms with E-state index in [1.807, 2.05) is 6.07 Å². The van der Waals surface area contributed by atoms with E-state index in [9.17, 15) is 8.76 Å². The summed E-state index contributed by atoms with van der Waals surface area (Å²) in [4.78, 5) is 0. The standard InChI is InChI=1S/C9H12N2O3S/c1-6-7(5-10)3-8(11-15(12)13)4-9(6)14-2/h4,8,11H,3H2,1-2H3,(H,12,13)/p-1. The lowest BCUT2D eigenvalue weighted by molar-refractivity contribution is 0.294. The van der Waals surface area contributed by atoms with Crippen molar-refractivity contribution in [3.05, 3.63) is 23.0 Å². The predicted octanol–water partition coefficient (Wildman–Crippen LogP) is 0.513. The summed E-state index contributed by atoms with van der Waals surface area (Å²) in [5.74, 6) is 0.542. The molecule has 15 heavy (non-hydrogen) atoms. The Morgan fingerprint density at radius 1 is 1.80 bits per heavy atom. The van der Waals surface area contributed by atoms with Gasteiger partial charge in [-0.15, -0.1) is 0 Å². The number of hydrogen-bond acceptors (Lipinski definition) is 4. The van der Waals surface area contributed by atoms with Gasteiger partial charge in [0.25, 0.3) is 0 Å². The first-order valence-corrected chi connectivity index (χ1v) is 5.37. The highest BCUT2D eigenvalue weighted by Gasteiger charge is 2.20. The minimum Gasteiger partial charge on any atom is -0.760 e. The molecule has 0 aromatic carbocycles. The maximum absolute atomic E-state index is 10.5. The van der Waals surface area contributed by atoms with Gasteiger partial charge in [-0.05, 0) is 13.0 Å². The Kier molecular flexibility index (Phi) is 4.03. The normalized spacial score (nSPS) is 23.1. The zero-order valence-electron chi connectivity index (χ0n) is 8.44. The van der Waals surface area contributed by atoms with Crippen LogP contribution in [0, 0.1) is 11.3 Å². The molecule has 1 N–H and O–H groups in total. The van der Waals surface area contributed by atoms with E-state index in [4.69, 9.17) is 10.00 Å². The molecule has 5 nitrogen and oxygen atoms in total. The van der Waals surface area contributed by atoms with Gasteiger partial charge >= 0.3 is 0 Å². The molecule has 0 aliphatic heterocycles. The van der Waals surface area contributed by atoms with Crippen molar-refractivity contribution in [3.63, 3.8) is 0 Å². The quantitative estimate of drug-likeness (QED) is 0.712. The van der Waals surface area contributed by atoms with Crippen LogP contribution in [0.3, 0.4) is 0 Å². The van der Waals surface area contributed by atoms with Crippen LogP contribution in [0.1, 0.15) is 13.3 Å². The Morgan fingerprint density at radius 2 is 2.47 bits per heavy atom. The molecular weight excluding hydrogens is 216 g/mol. The maximum atomic E-state index is 10.5. The Labute approximate surface area is 90.8 Å². The molecule has 0 fully saturated rings. The highest BCUT2D eigenvalue weighted by Crippen LogP contribution is 2.25. The van der Waals surface area contributed by atoms with E-state index in [0.717, 1.165) is 5.57 Å². The first kappa shape index (κ1) is 11.9. The first-order chi connectivity index (χ1) is 7.08. The fraction of sp³-hybridized carbons (Fsp3) is 0.444. The van der Waals surface area contributed by atoms with Gasteiger partial charge in [0.1, 0.15) is 5.76 Å². The zero-order valence-corrected chi connectivity index (χ0v) is 9.26. The third-order valence-electron chi connectivity index (χ3n) is 2.20. The molecule has 0 saturated carbocycles. The van der Waals surface area contributed by atoms with Crippen molar-refractivity contribution in [2.24, 2.45) is 0 Å². The van der Waals surface area contributed by atoms with Crippen molar-refractivity contribution in [1.29, 1.82) is 5.26 Å². The summed E-state index contributed by atoms with van der Waals surface area (Å²) in [6.45, 7) is 1.78. The Morgan fingerprint density at radius 3 is 2.93 bits per heavy atom. The van der Waals surface area contributed by atoms with Gasteiger partial charge in [0.2, 0.25) is 0 Å². The van der Waals surface area contributed by atoms with Crippen LogP contribution >= 0.6 is 0 Å². The molecule has 82 valence electrons. The second-order valence-electron chi connectivity index (χ2n) is 3.11. The number of allylic oxidation sites excluding steroid dienone is 1. The Bertz CT molecular complexity index is 381. The average Bonchev–Trinajstić information content (AvgIpc) is 2.19. The first-order valence-electron chi connectivity index (χ1n) is 4.30. The largest absolute Gasteiger partial charge is 0.760 e. The van der Waals surface area contributed by atoms with E-state index in [2.05, 4.69) is 4.72 Å². The molecule has 2 unspecified atom stereocenters. The van der Waals surface area contributed by atoms with E-state index in [1.165, 1.54) is 7.11 Å².